The lowest BCUT2D eigenvalue weighted by Crippen LogP contribution is -2.43. The number of H-pyrrole nitrogens is 1. The number of aliphatic hydroxyl groups excluding tert-OH is 2. The Morgan fingerprint density at radius 1 is 1.56 bits per heavy atom. The number of ether oxygens (including phenoxy) is 1. The number of aromatic nitrogens is 3. The van der Waals surface area contributed by atoms with Crippen LogP contribution in [0.5, 0.6) is 0 Å². The van der Waals surface area contributed by atoms with E-state index < -0.39 is 42.2 Å². The van der Waals surface area contributed by atoms with Gasteiger partial charge in [-0.3, -0.25) is 9.78 Å². The molecule has 0 amide bonds. The predicted octanol–water partition coefficient (Wildman–Crippen LogP) is -2.18. The van der Waals surface area contributed by atoms with E-state index in [1.807, 2.05) is 0 Å². The fourth-order valence-electron chi connectivity index (χ4n) is 1.62. The van der Waals surface area contributed by atoms with Crippen LogP contribution < -0.4 is 11.2 Å². The topological polar surface area (TPSA) is 117 Å². The minimum atomic E-state index is -3.82. The monoisotopic (exact) mass is 265 g/mol. The zero-order valence-electron chi connectivity index (χ0n) is 8.79. The maximum atomic E-state index is 13.6. The van der Waals surface area contributed by atoms with E-state index in [4.69, 9.17) is 5.11 Å². The molecule has 1 aliphatic rings. The van der Waals surface area contributed by atoms with Crippen LogP contribution in [0.4, 0.5) is 8.78 Å². The minimum Gasteiger partial charge on any atom is -0.394 e. The van der Waals surface area contributed by atoms with Gasteiger partial charge in [-0.15, -0.1) is 0 Å². The number of rotatable bonds is 2. The van der Waals surface area contributed by atoms with E-state index >= 15 is 0 Å². The van der Waals surface area contributed by atoms with Crippen LogP contribution in [-0.4, -0.2) is 49.7 Å². The molecular formula is C8H9F2N3O5. The predicted molar refractivity (Wildman–Crippen MR) is 51.1 cm³/mol. The Kier molecular flexibility index (Phi) is 3.00. The van der Waals surface area contributed by atoms with Gasteiger partial charge in [-0.25, -0.2) is 4.79 Å². The molecule has 0 spiro atoms. The summed E-state index contributed by atoms with van der Waals surface area (Å²) in [6.07, 6.45) is -5.37. The Balaban J connectivity index is 2.45. The highest BCUT2D eigenvalue weighted by molar-refractivity contribution is 4.94. The van der Waals surface area contributed by atoms with Crippen LogP contribution >= 0.6 is 0 Å². The molecule has 1 aromatic heterocycles. The number of hydrogen-bond donors (Lipinski definition) is 3. The Bertz CT molecular complexity index is 556. The second kappa shape index (κ2) is 4.23. The Hall–Kier alpha value is -1.65. The molecule has 3 N–H and O–H groups in total. The smallest absolute Gasteiger partial charge is 0.347 e. The van der Waals surface area contributed by atoms with Gasteiger partial charge in [0.25, 0.3) is 5.56 Å². The summed E-state index contributed by atoms with van der Waals surface area (Å²) in [5.74, 6) is -3.82. The average molecular weight is 265 g/mol. The number of aromatic amines is 1. The van der Waals surface area contributed by atoms with Gasteiger partial charge in [0.05, 0.1) is 6.61 Å². The second-order valence-electron chi connectivity index (χ2n) is 3.71. The van der Waals surface area contributed by atoms with Crippen LogP contribution in [0, 0.1) is 0 Å². The molecular weight excluding hydrogens is 256 g/mol. The molecule has 0 saturated carbocycles. The molecule has 100 valence electrons. The summed E-state index contributed by atoms with van der Waals surface area (Å²) in [5, 5.41) is 21.2. The highest BCUT2D eigenvalue weighted by Gasteiger charge is 2.60. The largest absolute Gasteiger partial charge is 0.394 e. The molecule has 10 heteroatoms. The van der Waals surface area contributed by atoms with Crippen molar-refractivity contribution in [1.29, 1.82) is 0 Å². The molecule has 18 heavy (non-hydrogen) atoms. The Morgan fingerprint density at radius 3 is 2.72 bits per heavy atom. The highest BCUT2D eigenvalue weighted by Crippen LogP contribution is 2.41. The first kappa shape index (κ1) is 12.8. The van der Waals surface area contributed by atoms with Crippen LogP contribution in [0.2, 0.25) is 0 Å². The summed E-state index contributed by atoms with van der Waals surface area (Å²) in [6, 6.07) is 0. The van der Waals surface area contributed by atoms with Crippen molar-refractivity contribution in [2.24, 2.45) is 0 Å². The molecule has 0 aromatic carbocycles. The van der Waals surface area contributed by atoms with Crippen molar-refractivity contribution in [3.05, 3.63) is 27.0 Å². The fraction of sp³-hybridized carbons (Fsp3) is 0.625. The van der Waals surface area contributed by atoms with Gasteiger partial charge in [0, 0.05) is 0 Å². The van der Waals surface area contributed by atoms with Crippen LogP contribution in [-0.2, 0) is 4.74 Å². The SMILES string of the molecule is O=c1cnn([C@@H]2O[C@H](CO)C(O)C2(F)F)c(=O)[nH]1. The first-order chi connectivity index (χ1) is 8.37. The van der Waals surface area contributed by atoms with E-state index in [9.17, 15) is 23.5 Å². The summed E-state index contributed by atoms with van der Waals surface area (Å²) >= 11 is 0. The van der Waals surface area contributed by atoms with Gasteiger partial charge < -0.3 is 14.9 Å². The van der Waals surface area contributed by atoms with Crippen LogP contribution in [0.15, 0.2) is 15.8 Å². The van der Waals surface area contributed by atoms with Gasteiger partial charge in [0.1, 0.15) is 12.3 Å². The fourth-order valence-corrected chi connectivity index (χ4v) is 1.62. The lowest BCUT2D eigenvalue weighted by Gasteiger charge is -2.19. The van der Waals surface area contributed by atoms with Gasteiger partial charge in [-0.2, -0.15) is 18.6 Å². The molecule has 0 bridgehead atoms. The van der Waals surface area contributed by atoms with E-state index in [1.165, 1.54) is 0 Å². The molecule has 2 rings (SSSR count). The first-order valence-corrected chi connectivity index (χ1v) is 4.88. The van der Waals surface area contributed by atoms with Crippen LogP contribution in [0.3, 0.4) is 0 Å². The van der Waals surface area contributed by atoms with Crippen LogP contribution in [0.25, 0.3) is 0 Å². The van der Waals surface area contributed by atoms with E-state index in [2.05, 4.69) is 9.84 Å². The summed E-state index contributed by atoms with van der Waals surface area (Å²) in [5.41, 5.74) is -2.05. The number of nitrogens with zero attached hydrogens (tertiary/aromatic N) is 2. The summed E-state index contributed by atoms with van der Waals surface area (Å²) in [7, 11) is 0. The molecule has 8 nitrogen and oxygen atoms in total. The molecule has 1 aromatic rings. The third-order valence-corrected chi connectivity index (χ3v) is 2.52. The van der Waals surface area contributed by atoms with Crippen molar-refractivity contribution < 1.29 is 23.7 Å². The van der Waals surface area contributed by atoms with Crippen molar-refractivity contribution in [3.8, 4) is 0 Å². The lowest BCUT2D eigenvalue weighted by molar-refractivity contribution is -0.145. The Labute approximate surface area is 97.4 Å². The first-order valence-electron chi connectivity index (χ1n) is 4.88. The average Bonchev–Trinajstić information content (AvgIpc) is 2.52. The van der Waals surface area contributed by atoms with E-state index in [-0.39, 0.29) is 4.68 Å². The van der Waals surface area contributed by atoms with Gasteiger partial charge in [0.2, 0.25) is 6.23 Å². The summed E-state index contributed by atoms with van der Waals surface area (Å²) < 4.78 is 32.1. The molecule has 2 heterocycles. The van der Waals surface area contributed by atoms with Gasteiger partial charge in [-0.05, 0) is 0 Å². The van der Waals surface area contributed by atoms with Gasteiger partial charge in [0.15, 0.2) is 6.10 Å². The number of alkyl halides is 2. The van der Waals surface area contributed by atoms with Crippen LogP contribution in [0.1, 0.15) is 6.23 Å². The normalized spacial score (nSPS) is 30.6. The van der Waals surface area contributed by atoms with E-state index in [0.29, 0.717) is 6.20 Å². The third-order valence-electron chi connectivity index (χ3n) is 2.52. The standard InChI is InChI=1S/C8H9F2N3O5/c9-8(10)5(16)3(2-14)18-6(8)13-7(17)12-4(15)1-11-13/h1,3,5-6,14,16H,2H2,(H,12,15,17)/t3-,5?,6-/m1/s1. The lowest BCUT2D eigenvalue weighted by atomic mass is 10.1. The number of halogens is 2. The summed E-state index contributed by atoms with van der Waals surface area (Å²) in [6.45, 7) is -0.842. The molecule has 1 fully saturated rings. The molecule has 1 saturated heterocycles. The maximum Gasteiger partial charge on any atom is 0.347 e. The summed E-state index contributed by atoms with van der Waals surface area (Å²) in [4.78, 5) is 23.8. The number of aliphatic hydroxyl groups is 2. The van der Waals surface area contributed by atoms with Crippen molar-refractivity contribution in [2.45, 2.75) is 24.4 Å². The number of nitrogens with one attached hydrogen (secondary N) is 1. The molecule has 0 aliphatic carbocycles. The zero-order chi connectivity index (χ0) is 13.5. The molecule has 1 aliphatic heterocycles. The van der Waals surface area contributed by atoms with Crippen molar-refractivity contribution in [2.75, 3.05) is 6.61 Å². The molecule has 3 atom stereocenters. The van der Waals surface area contributed by atoms with Crippen molar-refractivity contribution in [1.82, 2.24) is 14.8 Å². The van der Waals surface area contributed by atoms with Gasteiger partial charge >= 0.3 is 11.6 Å². The van der Waals surface area contributed by atoms with Gasteiger partial charge in [-0.1, -0.05) is 0 Å². The van der Waals surface area contributed by atoms with E-state index in [1.54, 1.807) is 4.98 Å². The molecule has 1 unspecified atom stereocenters. The second-order valence-corrected chi connectivity index (χ2v) is 3.71. The minimum absolute atomic E-state index is 0.209. The highest BCUT2D eigenvalue weighted by atomic mass is 19.3. The quantitative estimate of drug-likeness (QED) is 0.559. The van der Waals surface area contributed by atoms with E-state index in [0.717, 1.165) is 0 Å². The molecule has 0 radical (unpaired) electrons. The van der Waals surface area contributed by atoms with Crippen molar-refractivity contribution >= 4 is 0 Å². The maximum absolute atomic E-state index is 13.6. The number of hydrogen-bond acceptors (Lipinski definition) is 6. The van der Waals surface area contributed by atoms with Crippen molar-refractivity contribution in [3.63, 3.8) is 0 Å². The Morgan fingerprint density at radius 2 is 2.22 bits per heavy atom. The zero-order valence-corrected chi connectivity index (χ0v) is 8.79. The third kappa shape index (κ3) is 1.83.